The molecule has 184 valence electrons. The lowest BCUT2D eigenvalue weighted by molar-refractivity contribution is -0.384. The number of non-ortho nitro benzene ring substituents is 1. The van der Waals surface area contributed by atoms with Crippen molar-refractivity contribution in [1.29, 1.82) is 0 Å². The van der Waals surface area contributed by atoms with E-state index in [-0.39, 0.29) is 33.8 Å². The van der Waals surface area contributed by atoms with Crippen LogP contribution in [0, 0.1) is 10.1 Å². The lowest BCUT2D eigenvalue weighted by Crippen LogP contribution is -2.50. The van der Waals surface area contributed by atoms with E-state index >= 15 is 0 Å². The van der Waals surface area contributed by atoms with E-state index in [0.29, 0.717) is 43.6 Å². The van der Waals surface area contributed by atoms with Crippen molar-refractivity contribution in [2.24, 2.45) is 0 Å². The number of fused-ring (bicyclic) bond motifs is 1. The van der Waals surface area contributed by atoms with Gasteiger partial charge in [0.2, 0.25) is 0 Å². The van der Waals surface area contributed by atoms with Gasteiger partial charge in [-0.25, -0.2) is 4.98 Å². The second-order valence-corrected chi connectivity index (χ2v) is 9.02. The molecule has 1 amide bonds. The number of nitrogens with zero attached hydrogens (tertiary/aromatic N) is 5. The fraction of sp³-hybridized carbons (Fsp3) is 0.400. The molecule has 0 saturated carbocycles. The van der Waals surface area contributed by atoms with Crippen LogP contribution in [0.2, 0.25) is 5.02 Å². The highest BCUT2D eigenvalue weighted by molar-refractivity contribution is 6.34. The highest BCUT2D eigenvalue weighted by atomic mass is 35.5. The average Bonchev–Trinajstić information content (AvgIpc) is 2.86. The van der Waals surface area contributed by atoms with Gasteiger partial charge in [-0.05, 0) is 31.0 Å². The van der Waals surface area contributed by atoms with E-state index in [1.807, 2.05) is 31.2 Å². The fourth-order valence-corrected chi connectivity index (χ4v) is 4.94. The minimum Gasteiger partial charge on any atom is -0.336 e. The van der Waals surface area contributed by atoms with E-state index in [2.05, 4.69) is 11.8 Å². The Bertz CT molecular complexity index is 1320. The Labute approximate surface area is 208 Å². The monoisotopic (exact) mass is 497 g/mol. The van der Waals surface area contributed by atoms with Crippen LogP contribution in [0.15, 0.2) is 47.3 Å². The normalized spacial score (nSPS) is 15.3. The molecule has 0 bridgehead atoms. The third kappa shape index (κ3) is 4.92. The maximum Gasteiger partial charge on any atom is 0.270 e. The summed E-state index contributed by atoms with van der Waals surface area (Å²) in [5.74, 6) is 0.514. The summed E-state index contributed by atoms with van der Waals surface area (Å²) in [4.78, 5) is 45.6. The quantitative estimate of drug-likeness (QED) is 0.356. The van der Waals surface area contributed by atoms with Gasteiger partial charge in [0.05, 0.1) is 32.5 Å². The number of hydrogen-bond acceptors (Lipinski definition) is 6. The van der Waals surface area contributed by atoms with Gasteiger partial charge >= 0.3 is 0 Å². The average molecular weight is 498 g/mol. The Kier molecular flexibility index (Phi) is 7.47. The predicted molar refractivity (Wildman–Crippen MR) is 135 cm³/mol. The van der Waals surface area contributed by atoms with Crippen LogP contribution < -0.4 is 5.56 Å². The Morgan fingerprint density at radius 1 is 1.14 bits per heavy atom. The molecule has 10 heteroatoms. The number of halogens is 1. The first-order chi connectivity index (χ1) is 16.8. The van der Waals surface area contributed by atoms with Crippen molar-refractivity contribution in [3.05, 3.63) is 79.3 Å². The third-order valence-corrected chi connectivity index (χ3v) is 6.77. The molecule has 1 aliphatic heterocycles. The summed E-state index contributed by atoms with van der Waals surface area (Å²) >= 11 is 6.18. The molecule has 9 nitrogen and oxygen atoms in total. The summed E-state index contributed by atoms with van der Waals surface area (Å²) in [5, 5.41) is 11.7. The topological polar surface area (TPSA) is 102 Å². The molecule has 1 fully saturated rings. The van der Waals surface area contributed by atoms with Crippen LogP contribution in [0.4, 0.5) is 5.69 Å². The van der Waals surface area contributed by atoms with Crippen molar-refractivity contribution >= 4 is 34.1 Å². The van der Waals surface area contributed by atoms with E-state index in [9.17, 15) is 19.7 Å². The van der Waals surface area contributed by atoms with Crippen LogP contribution >= 0.6 is 11.6 Å². The Balaban J connectivity index is 1.55. The van der Waals surface area contributed by atoms with Crippen LogP contribution in [0.5, 0.6) is 0 Å². The summed E-state index contributed by atoms with van der Waals surface area (Å²) in [6.45, 7) is 6.91. The molecule has 0 N–H and O–H groups in total. The zero-order valence-corrected chi connectivity index (χ0v) is 20.6. The molecule has 1 saturated heterocycles. The third-order valence-electron chi connectivity index (χ3n) is 6.46. The molecule has 1 aliphatic rings. The molecule has 0 aliphatic carbocycles. The number of nitro benzene ring substituents is 1. The van der Waals surface area contributed by atoms with Crippen molar-refractivity contribution in [3.63, 3.8) is 0 Å². The first-order valence-corrected chi connectivity index (χ1v) is 12.2. The van der Waals surface area contributed by atoms with Gasteiger partial charge in [-0.2, -0.15) is 0 Å². The lowest BCUT2D eigenvalue weighted by Gasteiger charge is -2.39. The number of hydrogen-bond donors (Lipinski definition) is 0. The molecule has 2 aromatic carbocycles. The van der Waals surface area contributed by atoms with Gasteiger partial charge in [-0.1, -0.05) is 37.6 Å². The van der Waals surface area contributed by atoms with Gasteiger partial charge in [-0.3, -0.25) is 29.2 Å². The van der Waals surface area contributed by atoms with Gasteiger partial charge in [0.25, 0.3) is 17.2 Å². The van der Waals surface area contributed by atoms with E-state index in [1.165, 1.54) is 18.2 Å². The molecule has 0 spiro atoms. The van der Waals surface area contributed by atoms with Crippen molar-refractivity contribution in [2.45, 2.75) is 39.3 Å². The zero-order chi connectivity index (χ0) is 25.1. The van der Waals surface area contributed by atoms with Crippen molar-refractivity contribution in [3.8, 4) is 0 Å². The smallest absolute Gasteiger partial charge is 0.270 e. The van der Waals surface area contributed by atoms with Gasteiger partial charge in [0.1, 0.15) is 5.82 Å². The number of para-hydroxylation sites is 1. The second kappa shape index (κ2) is 10.5. The number of rotatable bonds is 7. The molecule has 0 radical (unpaired) electrons. The first kappa shape index (κ1) is 24.8. The summed E-state index contributed by atoms with van der Waals surface area (Å²) < 4.78 is 1.80. The van der Waals surface area contributed by atoms with E-state index < -0.39 is 4.92 Å². The SMILES string of the molecule is CCCn1c(C(CC)N2CCN(C(=O)c3ccc([N+](=O)[O-])cc3Cl)CC2)nc2ccccc2c1=O. The number of piperazine rings is 1. The fourth-order valence-electron chi connectivity index (χ4n) is 4.68. The summed E-state index contributed by atoms with van der Waals surface area (Å²) in [6, 6.07) is 11.3. The lowest BCUT2D eigenvalue weighted by atomic mass is 10.1. The largest absolute Gasteiger partial charge is 0.336 e. The Morgan fingerprint density at radius 2 is 1.86 bits per heavy atom. The Morgan fingerprint density at radius 3 is 2.49 bits per heavy atom. The van der Waals surface area contributed by atoms with Crippen molar-refractivity contribution < 1.29 is 9.72 Å². The van der Waals surface area contributed by atoms with E-state index in [4.69, 9.17) is 16.6 Å². The maximum absolute atomic E-state index is 13.2. The molecule has 2 heterocycles. The van der Waals surface area contributed by atoms with Gasteiger partial charge in [-0.15, -0.1) is 0 Å². The van der Waals surface area contributed by atoms with Crippen molar-refractivity contribution in [1.82, 2.24) is 19.4 Å². The number of nitro groups is 1. The summed E-state index contributed by atoms with van der Waals surface area (Å²) in [5.41, 5.74) is 0.779. The minimum absolute atomic E-state index is 0.0208. The van der Waals surface area contributed by atoms with Crippen LogP contribution in [-0.4, -0.2) is 56.4 Å². The number of aromatic nitrogens is 2. The molecule has 1 atom stereocenters. The van der Waals surface area contributed by atoms with E-state index in [0.717, 1.165) is 18.7 Å². The first-order valence-electron chi connectivity index (χ1n) is 11.8. The second-order valence-electron chi connectivity index (χ2n) is 8.62. The van der Waals surface area contributed by atoms with E-state index in [1.54, 1.807) is 9.47 Å². The minimum atomic E-state index is -0.539. The molecule has 3 aromatic rings. The van der Waals surface area contributed by atoms with Gasteiger partial charge in [0.15, 0.2) is 0 Å². The predicted octanol–water partition coefficient (Wildman–Crippen LogP) is 4.28. The van der Waals surface area contributed by atoms with Gasteiger partial charge < -0.3 is 4.90 Å². The van der Waals surface area contributed by atoms with Crippen LogP contribution in [0.1, 0.15) is 48.9 Å². The number of carbonyl (C=O) groups excluding carboxylic acids is 1. The number of amides is 1. The molecule has 1 unspecified atom stereocenters. The molecule has 4 rings (SSSR count). The van der Waals surface area contributed by atoms with Crippen LogP contribution in [0.3, 0.4) is 0 Å². The van der Waals surface area contributed by atoms with Crippen molar-refractivity contribution in [2.75, 3.05) is 26.2 Å². The molecular formula is C25H28ClN5O4. The van der Waals surface area contributed by atoms with Crippen LogP contribution in [-0.2, 0) is 6.54 Å². The highest BCUT2D eigenvalue weighted by Crippen LogP contribution is 2.27. The number of carbonyl (C=O) groups is 1. The standard InChI is InChI=1S/C25H28ClN5O4/c1-3-11-30-23(27-21-8-6-5-7-19(21)25(30)33)22(4-2)28-12-14-29(15-13-28)24(32)18-10-9-17(31(34)35)16-20(18)26/h5-10,16,22H,3-4,11-15H2,1-2H3. The zero-order valence-electron chi connectivity index (χ0n) is 19.8. The number of benzene rings is 2. The molecular weight excluding hydrogens is 470 g/mol. The summed E-state index contributed by atoms with van der Waals surface area (Å²) in [7, 11) is 0. The molecule has 35 heavy (non-hydrogen) atoms. The molecule has 1 aromatic heterocycles. The Hall–Kier alpha value is -3.30. The highest BCUT2D eigenvalue weighted by Gasteiger charge is 2.30. The van der Waals surface area contributed by atoms with Crippen LogP contribution in [0.25, 0.3) is 10.9 Å². The van der Waals surface area contributed by atoms with Gasteiger partial charge in [0, 0.05) is 44.9 Å². The maximum atomic E-state index is 13.2. The summed E-state index contributed by atoms with van der Waals surface area (Å²) in [6.07, 6.45) is 1.60.